The van der Waals surface area contributed by atoms with Gasteiger partial charge in [-0.05, 0) is 48.4 Å². The second-order valence-corrected chi connectivity index (χ2v) is 6.61. The zero-order chi connectivity index (χ0) is 14.8. The van der Waals surface area contributed by atoms with Crippen molar-refractivity contribution in [3.63, 3.8) is 0 Å². The quantitative estimate of drug-likeness (QED) is 0.835. The third-order valence-electron chi connectivity index (χ3n) is 3.01. The third-order valence-corrected chi connectivity index (χ3v) is 3.72. The number of benzene rings is 2. The zero-order valence-electron chi connectivity index (χ0n) is 11.0. The molecule has 0 fully saturated rings. The summed E-state index contributed by atoms with van der Waals surface area (Å²) in [5.74, 6) is -0.309. The third kappa shape index (κ3) is 4.58. The van der Waals surface area contributed by atoms with E-state index in [0.717, 1.165) is 11.1 Å². The molecule has 0 heterocycles. The van der Waals surface area contributed by atoms with E-state index in [1.165, 1.54) is 12.1 Å². The van der Waals surface area contributed by atoms with Crippen LogP contribution in [0.1, 0.15) is 18.1 Å². The molecule has 0 amide bonds. The molecule has 4 heteroatoms. The summed E-state index contributed by atoms with van der Waals surface area (Å²) in [5.41, 5.74) is 0.812. The van der Waals surface area contributed by atoms with Crippen molar-refractivity contribution in [1.29, 1.82) is 0 Å². The molecule has 2 aromatic carbocycles. The molecular formula is C16H15BrClFO. The molecule has 0 aliphatic heterocycles. The van der Waals surface area contributed by atoms with Gasteiger partial charge in [0, 0.05) is 22.3 Å². The normalized spacial score (nSPS) is 14.1. The second kappa shape index (κ2) is 6.25. The van der Waals surface area contributed by atoms with E-state index in [1.54, 1.807) is 19.1 Å². The summed E-state index contributed by atoms with van der Waals surface area (Å²) in [7, 11) is 0. The molecular weight excluding hydrogens is 343 g/mol. The maximum atomic E-state index is 13.3. The minimum atomic E-state index is -0.943. The summed E-state index contributed by atoms with van der Waals surface area (Å²) in [6, 6.07) is 12.0. The Bertz CT molecular complexity index is 576. The van der Waals surface area contributed by atoms with Gasteiger partial charge in [0.1, 0.15) is 5.82 Å². The van der Waals surface area contributed by atoms with Crippen LogP contribution in [0.15, 0.2) is 46.9 Å². The van der Waals surface area contributed by atoms with Crippen molar-refractivity contribution >= 4 is 27.5 Å². The molecule has 1 unspecified atom stereocenters. The Morgan fingerprint density at radius 3 is 2.30 bits per heavy atom. The Balaban J connectivity index is 2.12. The van der Waals surface area contributed by atoms with Crippen LogP contribution in [0.25, 0.3) is 0 Å². The molecule has 0 bridgehead atoms. The fraction of sp³-hybridized carbons (Fsp3) is 0.250. The molecule has 0 spiro atoms. The highest BCUT2D eigenvalue weighted by Crippen LogP contribution is 2.23. The monoisotopic (exact) mass is 356 g/mol. The highest BCUT2D eigenvalue weighted by molar-refractivity contribution is 9.10. The molecule has 0 aliphatic rings. The second-order valence-electron chi connectivity index (χ2n) is 5.25. The van der Waals surface area contributed by atoms with Gasteiger partial charge in [-0.2, -0.15) is 0 Å². The maximum Gasteiger partial charge on any atom is 0.124 e. The van der Waals surface area contributed by atoms with Crippen LogP contribution in [0.5, 0.6) is 0 Å². The summed E-state index contributed by atoms with van der Waals surface area (Å²) in [5, 5.41) is 11.2. The van der Waals surface area contributed by atoms with Gasteiger partial charge >= 0.3 is 0 Å². The number of hydrogen-bond donors (Lipinski definition) is 1. The van der Waals surface area contributed by atoms with Crippen LogP contribution >= 0.6 is 27.5 Å². The summed E-state index contributed by atoms with van der Waals surface area (Å²) in [6.45, 7) is 1.75. The molecule has 0 saturated heterocycles. The number of aliphatic hydroxyl groups is 1. The Kier molecular flexibility index (Phi) is 4.84. The first kappa shape index (κ1) is 15.5. The lowest BCUT2D eigenvalue weighted by Gasteiger charge is -2.23. The van der Waals surface area contributed by atoms with E-state index in [9.17, 15) is 9.50 Å². The van der Waals surface area contributed by atoms with Crippen LogP contribution in [-0.4, -0.2) is 10.7 Å². The molecule has 2 rings (SSSR count). The largest absolute Gasteiger partial charge is 0.389 e. The molecule has 1 N–H and O–H groups in total. The van der Waals surface area contributed by atoms with Crippen molar-refractivity contribution in [3.05, 3.63) is 68.9 Å². The van der Waals surface area contributed by atoms with E-state index in [4.69, 9.17) is 11.6 Å². The molecule has 2 aromatic rings. The van der Waals surface area contributed by atoms with Crippen molar-refractivity contribution in [2.24, 2.45) is 0 Å². The highest BCUT2D eigenvalue weighted by Gasteiger charge is 2.22. The number of hydrogen-bond acceptors (Lipinski definition) is 1. The van der Waals surface area contributed by atoms with Gasteiger partial charge in [0.25, 0.3) is 0 Å². The maximum absolute atomic E-state index is 13.3. The van der Waals surface area contributed by atoms with Gasteiger partial charge in [0.2, 0.25) is 0 Å². The topological polar surface area (TPSA) is 20.2 Å². The van der Waals surface area contributed by atoms with Gasteiger partial charge in [-0.3, -0.25) is 0 Å². The van der Waals surface area contributed by atoms with Crippen molar-refractivity contribution in [3.8, 4) is 0 Å². The fourth-order valence-electron chi connectivity index (χ4n) is 2.26. The molecule has 0 radical (unpaired) electrons. The summed E-state index contributed by atoms with van der Waals surface area (Å²) in [6.07, 6.45) is 0.865. The zero-order valence-corrected chi connectivity index (χ0v) is 13.4. The molecule has 1 atom stereocenters. The lowest BCUT2D eigenvalue weighted by molar-refractivity contribution is 0.0608. The van der Waals surface area contributed by atoms with Crippen LogP contribution in [0.4, 0.5) is 4.39 Å². The predicted octanol–water partition coefficient (Wildman–Crippen LogP) is 4.78. The molecule has 1 nitrogen and oxygen atoms in total. The molecule has 0 aromatic heterocycles. The Hall–Kier alpha value is -0.900. The standard InChI is InChI=1S/C16H15BrClFO/c1-16(20,9-11-2-4-14(18)5-3-11)10-12-6-13(17)8-15(19)7-12/h2-8,20H,9-10H2,1H3. The Morgan fingerprint density at radius 1 is 1.10 bits per heavy atom. The van der Waals surface area contributed by atoms with E-state index < -0.39 is 5.60 Å². The van der Waals surface area contributed by atoms with E-state index in [2.05, 4.69) is 15.9 Å². The van der Waals surface area contributed by atoms with Crippen LogP contribution in [0.2, 0.25) is 5.02 Å². The summed E-state index contributed by atoms with van der Waals surface area (Å²) < 4.78 is 14.0. The number of halogens is 3. The van der Waals surface area contributed by atoms with Crippen molar-refractivity contribution < 1.29 is 9.50 Å². The van der Waals surface area contributed by atoms with E-state index >= 15 is 0 Å². The van der Waals surface area contributed by atoms with Gasteiger partial charge in [-0.1, -0.05) is 39.7 Å². The van der Waals surface area contributed by atoms with Crippen molar-refractivity contribution in [1.82, 2.24) is 0 Å². The molecule has 106 valence electrons. The van der Waals surface area contributed by atoms with E-state index in [1.807, 2.05) is 18.2 Å². The lowest BCUT2D eigenvalue weighted by Crippen LogP contribution is -2.30. The molecule has 0 saturated carbocycles. The van der Waals surface area contributed by atoms with Crippen molar-refractivity contribution in [2.75, 3.05) is 0 Å². The highest BCUT2D eigenvalue weighted by atomic mass is 79.9. The van der Waals surface area contributed by atoms with Crippen LogP contribution in [0, 0.1) is 5.82 Å². The first-order valence-electron chi connectivity index (χ1n) is 6.26. The van der Waals surface area contributed by atoms with Gasteiger partial charge in [0.05, 0.1) is 5.60 Å². The van der Waals surface area contributed by atoms with Crippen LogP contribution < -0.4 is 0 Å². The first-order valence-corrected chi connectivity index (χ1v) is 7.43. The van der Waals surface area contributed by atoms with Gasteiger partial charge in [-0.25, -0.2) is 4.39 Å². The van der Waals surface area contributed by atoms with Gasteiger partial charge in [-0.15, -0.1) is 0 Å². The van der Waals surface area contributed by atoms with Gasteiger partial charge < -0.3 is 5.11 Å². The minimum Gasteiger partial charge on any atom is -0.389 e. The van der Waals surface area contributed by atoms with Gasteiger partial charge in [0.15, 0.2) is 0 Å². The summed E-state index contributed by atoms with van der Waals surface area (Å²) in [4.78, 5) is 0. The van der Waals surface area contributed by atoms with Crippen LogP contribution in [0.3, 0.4) is 0 Å². The van der Waals surface area contributed by atoms with Crippen LogP contribution in [-0.2, 0) is 12.8 Å². The Morgan fingerprint density at radius 2 is 1.70 bits per heavy atom. The fourth-order valence-corrected chi connectivity index (χ4v) is 2.90. The minimum absolute atomic E-state index is 0.309. The Labute approximate surface area is 131 Å². The average Bonchev–Trinajstić information content (AvgIpc) is 2.29. The van der Waals surface area contributed by atoms with E-state index in [-0.39, 0.29) is 5.82 Å². The number of rotatable bonds is 4. The van der Waals surface area contributed by atoms with E-state index in [0.29, 0.717) is 22.3 Å². The SMILES string of the molecule is CC(O)(Cc1ccc(Cl)cc1)Cc1cc(F)cc(Br)c1. The lowest BCUT2D eigenvalue weighted by atomic mass is 9.90. The predicted molar refractivity (Wildman–Crippen MR) is 83.6 cm³/mol. The first-order chi connectivity index (χ1) is 9.34. The average molecular weight is 358 g/mol. The summed E-state index contributed by atoms with van der Waals surface area (Å²) >= 11 is 9.10. The molecule has 0 aliphatic carbocycles. The molecule has 20 heavy (non-hydrogen) atoms. The van der Waals surface area contributed by atoms with Crippen molar-refractivity contribution in [2.45, 2.75) is 25.4 Å². The smallest absolute Gasteiger partial charge is 0.124 e.